The number of aliphatic hydroxyl groups is 2. The molecule has 4 N–H and O–H groups in total. The first-order valence-electron chi connectivity index (χ1n) is 15.0. The molecule has 2 fully saturated rings. The molecule has 44 heavy (non-hydrogen) atoms. The van der Waals surface area contributed by atoms with Crippen molar-refractivity contribution in [3.8, 4) is 0 Å². The number of carbonyl (C=O) groups excluding carboxylic acids is 2. The number of anilines is 1. The molecular formula is C28H43ClN5O9P. The summed E-state index contributed by atoms with van der Waals surface area (Å²) in [4.78, 5) is 33.2. The number of ether oxygens (including phenoxy) is 4. The fourth-order valence-corrected chi connectivity index (χ4v) is 8.31. The number of rotatable bonds is 15. The van der Waals surface area contributed by atoms with E-state index in [9.17, 15) is 24.4 Å². The van der Waals surface area contributed by atoms with Gasteiger partial charge in [-0.1, -0.05) is 19.8 Å². The molecule has 16 heteroatoms. The first-order valence-corrected chi connectivity index (χ1v) is 17.5. The van der Waals surface area contributed by atoms with E-state index < -0.39 is 55.7 Å². The Morgan fingerprint density at radius 2 is 1.82 bits per heavy atom. The van der Waals surface area contributed by atoms with Gasteiger partial charge in [0, 0.05) is 18.4 Å². The summed E-state index contributed by atoms with van der Waals surface area (Å²) in [5, 5.41) is 28.7. The smallest absolute Gasteiger partial charge is 0.323 e. The Morgan fingerprint density at radius 3 is 2.50 bits per heavy atom. The Kier molecular flexibility index (Phi) is 12.0. The molecule has 2 aromatic rings. The van der Waals surface area contributed by atoms with Gasteiger partial charge in [-0.2, -0.15) is 4.98 Å². The molecule has 0 radical (unpaired) electrons. The number of hydrogen-bond acceptors (Lipinski definition) is 12. The van der Waals surface area contributed by atoms with Crippen LogP contribution in [0.25, 0.3) is 11.0 Å². The van der Waals surface area contributed by atoms with Gasteiger partial charge >= 0.3 is 11.9 Å². The zero-order chi connectivity index (χ0) is 32.0. The Labute approximate surface area is 261 Å². The standard InChI is InChI=1S/C28H43ClN5O9P/c1-5-41-26(37)16(3)14-44(39,33-17(4)27(38)42-6-2)15-40-13-20-21(35)22(36)25(43-20)34-12-11-19-23(30-18-9-7-8-10-18)31-28(29)32-24(19)34/h11-12,16-18,20-22,25,35-36H,5-10,13-15H2,1-4H3,(H,33,39)(H,30,31,32)/t16-,17+,20-,21-,22-,25-,44?/m1/s1. The van der Waals surface area contributed by atoms with Crippen LogP contribution in [-0.2, 0) is 33.1 Å². The maximum Gasteiger partial charge on any atom is 0.323 e. The fourth-order valence-electron chi connectivity index (χ4n) is 5.62. The summed E-state index contributed by atoms with van der Waals surface area (Å²) in [6, 6.07) is 1.16. The van der Waals surface area contributed by atoms with E-state index in [1.165, 1.54) is 6.92 Å². The molecule has 1 aliphatic heterocycles. The van der Waals surface area contributed by atoms with Gasteiger partial charge in [0.05, 0.1) is 31.1 Å². The predicted octanol–water partition coefficient (Wildman–Crippen LogP) is 3.05. The van der Waals surface area contributed by atoms with Crippen LogP contribution in [-0.4, -0.2) is 99.4 Å². The second-order valence-corrected chi connectivity index (χ2v) is 14.3. The summed E-state index contributed by atoms with van der Waals surface area (Å²) in [7, 11) is -3.52. The van der Waals surface area contributed by atoms with Crippen LogP contribution in [0.5, 0.6) is 0 Å². The maximum absolute atomic E-state index is 13.9. The van der Waals surface area contributed by atoms with Crippen molar-refractivity contribution >= 4 is 47.7 Å². The van der Waals surface area contributed by atoms with Crippen molar-refractivity contribution in [2.75, 3.05) is 37.6 Å². The van der Waals surface area contributed by atoms with Crippen LogP contribution in [0, 0.1) is 5.92 Å². The Hall–Kier alpha value is -2.32. The quantitative estimate of drug-likeness (QED) is 0.124. The highest BCUT2D eigenvalue weighted by Crippen LogP contribution is 2.44. The fraction of sp³-hybridized carbons (Fsp3) is 0.714. The number of hydrogen-bond donors (Lipinski definition) is 4. The van der Waals surface area contributed by atoms with Crippen molar-refractivity contribution in [2.24, 2.45) is 5.92 Å². The molecule has 0 bridgehead atoms. The zero-order valence-corrected chi connectivity index (χ0v) is 27.1. The number of esters is 2. The van der Waals surface area contributed by atoms with Crippen molar-refractivity contribution < 1.29 is 43.3 Å². The van der Waals surface area contributed by atoms with Crippen LogP contribution < -0.4 is 10.4 Å². The van der Waals surface area contributed by atoms with Gasteiger partial charge in [-0.15, -0.1) is 0 Å². The van der Waals surface area contributed by atoms with Crippen LogP contribution >= 0.6 is 18.9 Å². The molecule has 14 nitrogen and oxygen atoms in total. The molecule has 1 unspecified atom stereocenters. The van der Waals surface area contributed by atoms with Crippen LogP contribution in [0.15, 0.2) is 12.3 Å². The Morgan fingerprint density at radius 1 is 1.14 bits per heavy atom. The molecule has 0 amide bonds. The number of halogens is 1. The number of aliphatic hydroxyl groups excluding tert-OH is 2. The normalized spacial score (nSPS) is 25.1. The van der Waals surface area contributed by atoms with Crippen molar-refractivity contribution in [3.05, 3.63) is 17.5 Å². The lowest BCUT2D eigenvalue weighted by Gasteiger charge is -2.26. The molecule has 3 heterocycles. The molecule has 1 aliphatic carbocycles. The number of aromatic nitrogens is 3. The van der Waals surface area contributed by atoms with Crippen molar-refractivity contribution in [3.63, 3.8) is 0 Å². The molecule has 4 rings (SSSR count). The highest BCUT2D eigenvalue weighted by molar-refractivity contribution is 7.61. The van der Waals surface area contributed by atoms with E-state index >= 15 is 0 Å². The number of nitrogens with one attached hydrogen (secondary N) is 2. The Balaban J connectivity index is 1.45. The first-order chi connectivity index (χ1) is 21.0. The van der Waals surface area contributed by atoms with E-state index in [-0.39, 0.29) is 43.7 Å². The van der Waals surface area contributed by atoms with E-state index in [0.717, 1.165) is 25.7 Å². The molecule has 7 atom stereocenters. The van der Waals surface area contributed by atoms with Gasteiger partial charge < -0.3 is 43.6 Å². The van der Waals surface area contributed by atoms with E-state index in [2.05, 4.69) is 20.4 Å². The molecule has 2 aromatic heterocycles. The van der Waals surface area contributed by atoms with Crippen molar-refractivity contribution in [2.45, 2.75) is 90.0 Å². The summed E-state index contributed by atoms with van der Waals surface area (Å²) in [6.45, 7) is 6.52. The summed E-state index contributed by atoms with van der Waals surface area (Å²) in [6.07, 6.45) is 0.855. The second kappa shape index (κ2) is 15.3. The lowest BCUT2D eigenvalue weighted by atomic mass is 10.1. The van der Waals surface area contributed by atoms with E-state index in [4.69, 9.17) is 30.5 Å². The predicted molar refractivity (Wildman–Crippen MR) is 163 cm³/mol. The number of carbonyl (C=O) groups is 2. The second-order valence-electron chi connectivity index (χ2n) is 11.3. The van der Waals surface area contributed by atoms with Gasteiger partial charge in [-0.05, 0) is 51.3 Å². The number of fused-ring (bicyclic) bond motifs is 1. The molecule has 0 spiro atoms. The molecule has 1 saturated carbocycles. The van der Waals surface area contributed by atoms with Gasteiger partial charge in [0.25, 0.3) is 0 Å². The van der Waals surface area contributed by atoms with Gasteiger partial charge in [-0.3, -0.25) is 14.7 Å². The topological polar surface area (TPSA) is 183 Å². The van der Waals surface area contributed by atoms with E-state index in [0.29, 0.717) is 16.9 Å². The third kappa shape index (κ3) is 8.28. The minimum absolute atomic E-state index is 0.0308. The monoisotopic (exact) mass is 659 g/mol. The summed E-state index contributed by atoms with van der Waals surface area (Å²) in [5.41, 5.74) is 0.429. The average molecular weight is 660 g/mol. The molecule has 2 aliphatic rings. The highest BCUT2D eigenvalue weighted by atomic mass is 35.5. The Bertz CT molecular complexity index is 1310. The first kappa shape index (κ1) is 34.6. The molecule has 246 valence electrons. The van der Waals surface area contributed by atoms with Gasteiger partial charge in [0.15, 0.2) is 13.5 Å². The number of nitrogens with zero attached hydrogens (tertiary/aromatic N) is 3. The average Bonchev–Trinajstić information content (AvgIpc) is 3.70. The van der Waals surface area contributed by atoms with Gasteiger partial charge in [0.2, 0.25) is 5.28 Å². The third-order valence-electron chi connectivity index (χ3n) is 7.76. The molecular weight excluding hydrogens is 617 g/mol. The maximum atomic E-state index is 13.9. The van der Waals surface area contributed by atoms with Crippen molar-refractivity contribution in [1.29, 1.82) is 0 Å². The minimum atomic E-state index is -3.52. The highest BCUT2D eigenvalue weighted by Gasteiger charge is 2.45. The van der Waals surface area contributed by atoms with Crippen molar-refractivity contribution in [1.82, 2.24) is 19.6 Å². The summed E-state index contributed by atoms with van der Waals surface area (Å²) in [5.74, 6) is -1.27. The third-order valence-corrected chi connectivity index (χ3v) is 10.5. The minimum Gasteiger partial charge on any atom is -0.466 e. The van der Waals surface area contributed by atoms with Crippen LogP contribution in [0.4, 0.5) is 5.82 Å². The summed E-state index contributed by atoms with van der Waals surface area (Å²) >= 11 is 6.26. The van der Waals surface area contributed by atoms with Gasteiger partial charge in [-0.25, -0.2) is 4.98 Å². The molecule has 0 aromatic carbocycles. The van der Waals surface area contributed by atoms with Gasteiger partial charge in [0.1, 0.15) is 42.2 Å². The summed E-state index contributed by atoms with van der Waals surface area (Å²) < 4.78 is 37.4. The zero-order valence-electron chi connectivity index (χ0n) is 25.5. The van der Waals surface area contributed by atoms with E-state index in [1.54, 1.807) is 37.6 Å². The van der Waals surface area contributed by atoms with E-state index in [1.807, 2.05) is 0 Å². The SMILES string of the molecule is CCOC(=O)[C@H](C)CP(=O)(COC[C@H]1O[C@@H](n2ccc3c(NC4CCCC4)nc(Cl)nc32)[C@H](O)[C@@H]1O)N[C@@H](C)C(=O)OCC. The van der Waals surface area contributed by atoms with Crippen LogP contribution in [0.2, 0.25) is 5.28 Å². The lowest BCUT2D eigenvalue weighted by molar-refractivity contribution is -0.146. The largest absolute Gasteiger partial charge is 0.466 e. The van der Waals surface area contributed by atoms with Crippen LogP contribution in [0.3, 0.4) is 0 Å². The van der Waals surface area contributed by atoms with Crippen LogP contribution in [0.1, 0.15) is 59.6 Å². The molecule has 1 saturated heterocycles. The lowest BCUT2D eigenvalue weighted by Crippen LogP contribution is -2.37.